The van der Waals surface area contributed by atoms with E-state index in [1.165, 1.54) is 0 Å². The van der Waals surface area contributed by atoms with Crippen molar-refractivity contribution in [2.45, 2.75) is 18.9 Å². The third-order valence-corrected chi connectivity index (χ3v) is 4.42. The number of carbonyl (C=O) groups is 1. The second-order valence-electron chi connectivity index (χ2n) is 6.22. The summed E-state index contributed by atoms with van der Waals surface area (Å²) in [5.41, 5.74) is 1.27. The molecule has 0 bridgehead atoms. The van der Waals surface area contributed by atoms with E-state index in [4.69, 9.17) is 0 Å². The summed E-state index contributed by atoms with van der Waals surface area (Å²) in [6.07, 6.45) is 8.76. The third kappa shape index (κ3) is 3.15. The van der Waals surface area contributed by atoms with Crippen molar-refractivity contribution in [3.05, 3.63) is 42.7 Å². The highest BCUT2D eigenvalue weighted by atomic mass is 16.2. The molecule has 3 aromatic heterocycles. The Balaban J connectivity index is 1.52. The topological polar surface area (TPSA) is 88.8 Å². The van der Waals surface area contributed by atoms with Gasteiger partial charge in [-0.05, 0) is 25.0 Å². The van der Waals surface area contributed by atoms with Gasteiger partial charge in [0.2, 0.25) is 0 Å². The van der Waals surface area contributed by atoms with Crippen molar-refractivity contribution < 1.29 is 4.79 Å². The number of rotatable bonds is 3. The number of aryl methyl sites for hydroxylation is 1. The van der Waals surface area contributed by atoms with Gasteiger partial charge >= 0.3 is 0 Å². The molecule has 25 heavy (non-hydrogen) atoms. The Morgan fingerprint density at radius 2 is 2.24 bits per heavy atom. The summed E-state index contributed by atoms with van der Waals surface area (Å²) < 4.78 is 1.63. The number of hydrogen-bond donors (Lipinski definition) is 1. The molecule has 0 saturated carbocycles. The number of amides is 1. The minimum absolute atomic E-state index is 0.0649. The Morgan fingerprint density at radius 3 is 3.08 bits per heavy atom. The molecule has 3 aromatic rings. The van der Waals surface area contributed by atoms with E-state index in [1.807, 2.05) is 6.07 Å². The normalized spacial score (nSPS) is 17.6. The number of nitrogens with zero attached hydrogens (tertiary/aromatic N) is 6. The van der Waals surface area contributed by atoms with E-state index in [-0.39, 0.29) is 11.9 Å². The fourth-order valence-electron chi connectivity index (χ4n) is 3.23. The Morgan fingerprint density at radius 1 is 1.32 bits per heavy atom. The Bertz CT molecular complexity index is 901. The molecule has 0 spiro atoms. The summed E-state index contributed by atoms with van der Waals surface area (Å²) in [6, 6.07) is 3.72. The summed E-state index contributed by atoms with van der Waals surface area (Å²) in [7, 11) is 1.80. The average Bonchev–Trinajstić information content (AvgIpc) is 3.08. The minimum atomic E-state index is -0.135. The van der Waals surface area contributed by atoms with Gasteiger partial charge in [0, 0.05) is 44.0 Å². The van der Waals surface area contributed by atoms with Crippen molar-refractivity contribution in [1.82, 2.24) is 30.0 Å². The maximum absolute atomic E-state index is 12.3. The molecule has 1 unspecified atom stereocenters. The summed E-state index contributed by atoms with van der Waals surface area (Å²) in [5.74, 6) is 0.758. The molecule has 1 saturated heterocycles. The number of anilines is 1. The molecule has 1 N–H and O–H groups in total. The number of hydrogen-bond acceptors (Lipinski definition) is 6. The largest absolute Gasteiger partial charge is 0.354 e. The Kier molecular flexibility index (Phi) is 4.01. The van der Waals surface area contributed by atoms with Gasteiger partial charge in [-0.1, -0.05) is 0 Å². The predicted molar refractivity (Wildman–Crippen MR) is 93.2 cm³/mol. The molecule has 1 amide bonds. The Labute approximate surface area is 144 Å². The molecule has 1 aliphatic heterocycles. The zero-order valence-corrected chi connectivity index (χ0v) is 14.0. The quantitative estimate of drug-likeness (QED) is 0.771. The first kappa shape index (κ1) is 15.5. The first-order valence-corrected chi connectivity index (χ1v) is 8.31. The van der Waals surface area contributed by atoms with Crippen LogP contribution < -0.4 is 10.2 Å². The maximum atomic E-state index is 12.3. The van der Waals surface area contributed by atoms with Gasteiger partial charge in [-0.3, -0.25) is 14.5 Å². The lowest BCUT2D eigenvalue weighted by Crippen LogP contribution is -2.48. The minimum Gasteiger partial charge on any atom is -0.354 e. The summed E-state index contributed by atoms with van der Waals surface area (Å²) >= 11 is 0. The lowest BCUT2D eigenvalue weighted by Gasteiger charge is -2.34. The van der Waals surface area contributed by atoms with Gasteiger partial charge in [-0.2, -0.15) is 5.10 Å². The van der Waals surface area contributed by atoms with Gasteiger partial charge in [-0.25, -0.2) is 9.97 Å². The van der Waals surface area contributed by atoms with Crippen LogP contribution in [0.15, 0.2) is 37.1 Å². The number of piperidine rings is 1. The fourth-order valence-corrected chi connectivity index (χ4v) is 3.23. The monoisotopic (exact) mass is 337 g/mol. The molecular weight excluding hydrogens is 318 g/mol. The third-order valence-electron chi connectivity index (χ3n) is 4.42. The number of carbonyl (C=O) groups excluding carboxylic acids is 1. The second-order valence-corrected chi connectivity index (χ2v) is 6.22. The zero-order chi connectivity index (χ0) is 17.2. The van der Waals surface area contributed by atoms with Crippen LogP contribution in [0.5, 0.6) is 0 Å². The number of nitrogens with one attached hydrogen (secondary N) is 1. The van der Waals surface area contributed by atoms with Crippen LogP contribution in [0, 0.1) is 0 Å². The van der Waals surface area contributed by atoms with Gasteiger partial charge in [0.25, 0.3) is 5.91 Å². The van der Waals surface area contributed by atoms with Crippen molar-refractivity contribution in [2.24, 2.45) is 7.05 Å². The van der Waals surface area contributed by atoms with E-state index in [1.54, 1.807) is 42.7 Å². The van der Waals surface area contributed by atoms with E-state index in [2.05, 4.69) is 30.3 Å². The smallest absolute Gasteiger partial charge is 0.272 e. The number of pyridine rings is 1. The van der Waals surface area contributed by atoms with Crippen LogP contribution in [0.4, 0.5) is 5.82 Å². The van der Waals surface area contributed by atoms with Crippen molar-refractivity contribution in [3.8, 4) is 0 Å². The molecule has 8 heteroatoms. The first-order chi connectivity index (χ1) is 12.2. The first-order valence-electron chi connectivity index (χ1n) is 8.31. The predicted octanol–water partition coefficient (Wildman–Crippen LogP) is 1.16. The van der Waals surface area contributed by atoms with Crippen LogP contribution in [0.3, 0.4) is 0 Å². The molecule has 1 atom stereocenters. The van der Waals surface area contributed by atoms with Crippen LogP contribution >= 0.6 is 0 Å². The Hall–Kier alpha value is -3.03. The molecule has 8 nitrogen and oxygen atoms in total. The molecule has 0 aliphatic carbocycles. The van der Waals surface area contributed by atoms with Gasteiger partial charge in [0.05, 0.1) is 11.7 Å². The van der Waals surface area contributed by atoms with E-state index in [0.717, 1.165) is 36.1 Å². The zero-order valence-electron chi connectivity index (χ0n) is 14.0. The van der Waals surface area contributed by atoms with Gasteiger partial charge < -0.3 is 10.2 Å². The lowest BCUT2D eigenvalue weighted by molar-refractivity contribution is 0.0927. The lowest BCUT2D eigenvalue weighted by atomic mass is 10.0. The van der Waals surface area contributed by atoms with Crippen LogP contribution in [0.2, 0.25) is 0 Å². The summed E-state index contributed by atoms with van der Waals surface area (Å²) in [5, 5.41) is 8.22. The molecule has 0 aromatic carbocycles. The van der Waals surface area contributed by atoms with E-state index in [0.29, 0.717) is 12.2 Å². The maximum Gasteiger partial charge on any atom is 0.272 e. The van der Waals surface area contributed by atoms with Crippen LogP contribution in [-0.4, -0.2) is 49.8 Å². The fraction of sp³-hybridized carbons (Fsp3) is 0.353. The highest BCUT2D eigenvalue weighted by Crippen LogP contribution is 2.25. The van der Waals surface area contributed by atoms with E-state index < -0.39 is 0 Å². The van der Waals surface area contributed by atoms with Crippen LogP contribution in [0.25, 0.3) is 10.9 Å². The molecule has 128 valence electrons. The standard InChI is InChI=1S/C17H19N7O/c1-23-8-5-14(22-23)17(25)21-12-3-2-7-24(10-12)16-13-4-6-18-9-15(13)19-11-20-16/h4-6,8-9,11-12H,2-3,7,10H2,1H3,(H,21,25). The average molecular weight is 337 g/mol. The number of fused-ring (bicyclic) bond motifs is 1. The van der Waals surface area contributed by atoms with Crippen molar-refractivity contribution in [3.63, 3.8) is 0 Å². The highest BCUT2D eigenvalue weighted by molar-refractivity contribution is 5.92. The van der Waals surface area contributed by atoms with Crippen molar-refractivity contribution >= 4 is 22.6 Å². The summed E-state index contributed by atoms with van der Waals surface area (Å²) in [4.78, 5) is 27.4. The van der Waals surface area contributed by atoms with E-state index >= 15 is 0 Å². The molecule has 1 aliphatic rings. The summed E-state index contributed by atoms with van der Waals surface area (Å²) in [6.45, 7) is 1.62. The molecule has 0 radical (unpaired) electrons. The molecular formula is C17H19N7O. The van der Waals surface area contributed by atoms with Crippen LogP contribution in [-0.2, 0) is 7.05 Å². The molecule has 1 fully saturated rings. The molecule has 4 heterocycles. The van der Waals surface area contributed by atoms with Crippen molar-refractivity contribution in [2.75, 3.05) is 18.0 Å². The number of aromatic nitrogens is 5. The van der Waals surface area contributed by atoms with E-state index in [9.17, 15) is 4.79 Å². The van der Waals surface area contributed by atoms with Crippen LogP contribution in [0.1, 0.15) is 23.3 Å². The van der Waals surface area contributed by atoms with Crippen molar-refractivity contribution in [1.29, 1.82) is 0 Å². The van der Waals surface area contributed by atoms with Gasteiger partial charge in [-0.15, -0.1) is 0 Å². The molecule has 4 rings (SSSR count). The SMILES string of the molecule is Cn1ccc(C(=O)NC2CCCN(c3ncnc4cnccc34)C2)n1. The van der Waals surface area contributed by atoms with Gasteiger partial charge in [0.1, 0.15) is 17.8 Å². The second kappa shape index (κ2) is 6.46. The van der Waals surface area contributed by atoms with Gasteiger partial charge in [0.15, 0.2) is 0 Å². The highest BCUT2D eigenvalue weighted by Gasteiger charge is 2.24.